The number of pyridine rings is 1. The average Bonchev–Trinajstić information content (AvgIpc) is 3.09. The Kier molecular flexibility index (Phi) is 4.84. The van der Waals surface area contributed by atoms with E-state index in [1.54, 1.807) is 12.3 Å². The first-order valence-corrected chi connectivity index (χ1v) is 9.05. The Morgan fingerprint density at radius 3 is 2.79 bits per heavy atom. The second-order valence-electron chi connectivity index (χ2n) is 6.39. The van der Waals surface area contributed by atoms with Crippen LogP contribution < -0.4 is 10.9 Å². The monoisotopic (exact) mass is 378 g/mol. The van der Waals surface area contributed by atoms with Crippen LogP contribution in [0.15, 0.2) is 47.4 Å². The molecule has 28 heavy (non-hydrogen) atoms. The molecule has 3 heterocycles. The summed E-state index contributed by atoms with van der Waals surface area (Å²) in [6.45, 7) is 2.57. The Labute approximate surface area is 160 Å². The fourth-order valence-electron chi connectivity index (χ4n) is 2.93. The minimum Gasteiger partial charge on any atom is -0.370 e. The van der Waals surface area contributed by atoms with E-state index in [-0.39, 0.29) is 11.4 Å². The number of rotatable bonds is 6. The van der Waals surface area contributed by atoms with Gasteiger partial charge in [0, 0.05) is 36.5 Å². The fraction of sp³-hybridized carbons (Fsp3) is 0.200. The van der Waals surface area contributed by atoms with Crippen molar-refractivity contribution < 1.29 is 4.39 Å². The molecule has 0 fully saturated rings. The van der Waals surface area contributed by atoms with E-state index in [0.717, 1.165) is 22.6 Å². The molecule has 1 aromatic carbocycles. The Hall–Kier alpha value is -3.55. The van der Waals surface area contributed by atoms with Crippen molar-refractivity contribution >= 4 is 16.9 Å². The van der Waals surface area contributed by atoms with Gasteiger partial charge in [-0.3, -0.25) is 4.79 Å². The van der Waals surface area contributed by atoms with E-state index < -0.39 is 0 Å². The van der Waals surface area contributed by atoms with Gasteiger partial charge in [0.15, 0.2) is 0 Å². The van der Waals surface area contributed by atoms with Crippen LogP contribution in [0, 0.1) is 5.82 Å². The minimum atomic E-state index is -0.287. The summed E-state index contributed by atoms with van der Waals surface area (Å²) >= 11 is 0. The van der Waals surface area contributed by atoms with Crippen LogP contribution in [0.2, 0.25) is 0 Å². The van der Waals surface area contributed by atoms with Gasteiger partial charge >= 0.3 is 0 Å². The number of hydrogen-bond donors (Lipinski definition) is 3. The third-order valence-corrected chi connectivity index (χ3v) is 4.35. The Bertz CT molecular complexity index is 1170. The number of imidazole rings is 1. The first-order chi connectivity index (χ1) is 13.6. The summed E-state index contributed by atoms with van der Waals surface area (Å²) in [5, 5.41) is 3.22. The fourth-order valence-corrected chi connectivity index (χ4v) is 2.93. The van der Waals surface area contributed by atoms with Crippen LogP contribution in [0.4, 0.5) is 10.2 Å². The number of nitrogens with one attached hydrogen (secondary N) is 3. The number of aromatic amines is 2. The Morgan fingerprint density at radius 1 is 1.11 bits per heavy atom. The van der Waals surface area contributed by atoms with Crippen molar-refractivity contribution in [1.82, 2.24) is 24.9 Å². The lowest BCUT2D eigenvalue weighted by Crippen LogP contribution is -2.10. The third kappa shape index (κ3) is 3.90. The van der Waals surface area contributed by atoms with Crippen molar-refractivity contribution in [2.45, 2.75) is 19.8 Å². The van der Waals surface area contributed by atoms with E-state index in [0.29, 0.717) is 36.5 Å². The Balaban J connectivity index is 1.40. The van der Waals surface area contributed by atoms with Crippen LogP contribution >= 0.6 is 0 Å². The van der Waals surface area contributed by atoms with Crippen LogP contribution in [-0.4, -0.2) is 31.5 Å². The summed E-state index contributed by atoms with van der Waals surface area (Å²) in [7, 11) is 0. The third-order valence-electron chi connectivity index (χ3n) is 4.35. The molecule has 4 aromatic rings. The SMILES string of the molecule is CCc1cc(=O)[nH]c(-c2ccc(NCCc3nc4ccc(F)cc4[nH]3)nc2)n1. The number of nitrogens with zero attached hydrogens (tertiary/aromatic N) is 3. The molecule has 7 nitrogen and oxygen atoms in total. The molecule has 4 rings (SSSR count). The quantitative estimate of drug-likeness (QED) is 0.479. The molecule has 3 aromatic heterocycles. The molecule has 0 spiro atoms. The summed E-state index contributed by atoms with van der Waals surface area (Å²) < 4.78 is 13.2. The molecule has 8 heteroatoms. The van der Waals surface area contributed by atoms with Crippen molar-refractivity contribution in [3.8, 4) is 11.4 Å². The maximum Gasteiger partial charge on any atom is 0.251 e. The van der Waals surface area contributed by atoms with E-state index in [4.69, 9.17) is 0 Å². The number of hydrogen-bond acceptors (Lipinski definition) is 5. The molecule has 0 aliphatic rings. The van der Waals surface area contributed by atoms with Crippen molar-refractivity contribution in [2.24, 2.45) is 0 Å². The molecule has 0 aliphatic heterocycles. The van der Waals surface area contributed by atoms with Gasteiger partial charge in [0.25, 0.3) is 5.56 Å². The number of H-pyrrole nitrogens is 2. The minimum absolute atomic E-state index is 0.172. The number of aromatic nitrogens is 5. The van der Waals surface area contributed by atoms with Crippen LogP contribution in [0.25, 0.3) is 22.4 Å². The molecule has 0 aliphatic carbocycles. The molecular formula is C20H19FN6O. The van der Waals surface area contributed by atoms with E-state index >= 15 is 0 Å². The highest BCUT2D eigenvalue weighted by Crippen LogP contribution is 2.16. The van der Waals surface area contributed by atoms with Gasteiger partial charge in [-0.25, -0.2) is 19.3 Å². The topological polar surface area (TPSA) is 99.3 Å². The molecule has 0 unspecified atom stereocenters. The van der Waals surface area contributed by atoms with Crippen LogP contribution in [0.1, 0.15) is 18.4 Å². The molecular weight excluding hydrogens is 359 g/mol. The normalized spacial score (nSPS) is 11.1. The lowest BCUT2D eigenvalue weighted by atomic mass is 10.2. The molecule has 0 saturated carbocycles. The van der Waals surface area contributed by atoms with Gasteiger partial charge < -0.3 is 15.3 Å². The van der Waals surface area contributed by atoms with Crippen LogP contribution in [0.3, 0.4) is 0 Å². The van der Waals surface area contributed by atoms with Gasteiger partial charge in [0.05, 0.1) is 11.0 Å². The summed E-state index contributed by atoms with van der Waals surface area (Å²) in [4.78, 5) is 30.8. The molecule has 142 valence electrons. The first-order valence-electron chi connectivity index (χ1n) is 9.05. The lowest BCUT2D eigenvalue weighted by Gasteiger charge is -2.06. The predicted octanol–water partition coefficient (Wildman–Crippen LogP) is 3.06. The maximum absolute atomic E-state index is 13.2. The molecule has 0 atom stereocenters. The Morgan fingerprint density at radius 2 is 2.00 bits per heavy atom. The zero-order chi connectivity index (χ0) is 19.5. The van der Waals surface area contributed by atoms with Gasteiger partial charge in [-0.2, -0.15) is 0 Å². The first kappa shape index (κ1) is 17.8. The summed E-state index contributed by atoms with van der Waals surface area (Å²) in [5.41, 5.74) is 2.75. The highest BCUT2D eigenvalue weighted by atomic mass is 19.1. The van der Waals surface area contributed by atoms with Crippen molar-refractivity contribution in [3.05, 3.63) is 70.3 Å². The number of benzene rings is 1. The largest absolute Gasteiger partial charge is 0.370 e. The van der Waals surface area contributed by atoms with E-state index in [1.165, 1.54) is 18.2 Å². The summed E-state index contributed by atoms with van der Waals surface area (Å²) in [5.74, 6) is 1.71. The van der Waals surface area contributed by atoms with Gasteiger partial charge in [-0.05, 0) is 36.8 Å². The van der Waals surface area contributed by atoms with Crippen LogP contribution in [0.5, 0.6) is 0 Å². The van der Waals surface area contributed by atoms with Crippen molar-refractivity contribution in [2.75, 3.05) is 11.9 Å². The molecule has 0 saturated heterocycles. The van der Waals surface area contributed by atoms with Gasteiger partial charge in [0.1, 0.15) is 23.3 Å². The molecule has 0 radical (unpaired) electrons. The predicted molar refractivity (Wildman–Crippen MR) is 106 cm³/mol. The highest BCUT2D eigenvalue weighted by molar-refractivity contribution is 5.74. The van der Waals surface area contributed by atoms with Gasteiger partial charge in [-0.15, -0.1) is 0 Å². The molecule has 3 N–H and O–H groups in total. The smallest absolute Gasteiger partial charge is 0.251 e. The second kappa shape index (κ2) is 7.59. The number of aryl methyl sites for hydroxylation is 1. The lowest BCUT2D eigenvalue weighted by molar-refractivity contribution is 0.629. The van der Waals surface area contributed by atoms with Crippen molar-refractivity contribution in [3.63, 3.8) is 0 Å². The van der Waals surface area contributed by atoms with Gasteiger partial charge in [0.2, 0.25) is 0 Å². The van der Waals surface area contributed by atoms with E-state index in [1.807, 2.05) is 19.1 Å². The standard InChI is InChI=1S/C20H19FN6O/c1-2-14-10-19(28)27-20(24-14)12-3-6-17(23-11-12)22-8-7-18-25-15-5-4-13(21)9-16(15)26-18/h3-6,9-11H,2,7-8H2,1H3,(H,22,23)(H,25,26)(H,24,27,28). The number of anilines is 1. The summed E-state index contributed by atoms with van der Waals surface area (Å²) in [6.07, 6.45) is 3.01. The van der Waals surface area contributed by atoms with Crippen molar-refractivity contribution in [1.29, 1.82) is 0 Å². The zero-order valence-electron chi connectivity index (χ0n) is 15.3. The average molecular weight is 378 g/mol. The molecule has 0 bridgehead atoms. The maximum atomic E-state index is 13.2. The second-order valence-corrected chi connectivity index (χ2v) is 6.39. The van der Waals surface area contributed by atoms with Crippen LogP contribution in [-0.2, 0) is 12.8 Å². The van der Waals surface area contributed by atoms with E-state index in [2.05, 4.69) is 30.2 Å². The molecule has 0 amide bonds. The number of halogens is 1. The van der Waals surface area contributed by atoms with E-state index in [9.17, 15) is 9.18 Å². The zero-order valence-corrected chi connectivity index (χ0v) is 15.3. The summed E-state index contributed by atoms with van der Waals surface area (Å²) in [6, 6.07) is 9.68. The highest BCUT2D eigenvalue weighted by Gasteiger charge is 2.06. The number of fused-ring (bicyclic) bond motifs is 1. The van der Waals surface area contributed by atoms with Gasteiger partial charge in [-0.1, -0.05) is 6.92 Å².